The smallest absolute Gasteiger partial charge is 0.257 e. The van der Waals surface area contributed by atoms with Gasteiger partial charge in [0.2, 0.25) is 0 Å². The zero-order chi connectivity index (χ0) is 18.2. The van der Waals surface area contributed by atoms with Crippen LogP contribution in [0.1, 0.15) is 18.1 Å². The van der Waals surface area contributed by atoms with E-state index in [1.165, 1.54) is 5.56 Å². The van der Waals surface area contributed by atoms with E-state index in [1.807, 2.05) is 53.3 Å². The zero-order valence-electron chi connectivity index (χ0n) is 14.9. The fraction of sp³-hybridized carbons (Fsp3) is 0.238. The van der Waals surface area contributed by atoms with Gasteiger partial charge in [-0.15, -0.1) is 0 Å². The van der Waals surface area contributed by atoms with Crippen LogP contribution in [0, 0.1) is 0 Å². The van der Waals surface area contributed by atoms with Gasteiger partial charge in [0, 0.05) is 18.9 Å². The highest BCUT2D eigenvalue weighted by molar-refractivity contribution is 5.77. The molecular weight excluding hydrogens is 326 g/mol. The van der Waals surface area contributed by atoms with Gasteiger partial charge in [0.25, 0.3) is 5.91 Å². The van der Waals surface area contributed by atoms with Crippen molar-refractivity contribution < 1.29 is 9.53 Å². The number of amides is 1. The number of carbonyl (C=O) groups excluding carboxylic acids is 1. The van der Waals surface area contributed by atoms with Crippen LogP contribution >= 0.6 is 0 Å². The highest BCUT2D eigenvalue weighted by Crippen LogP contribution is 2.17. The zero-order valence-corrected chi connectivity index (χ0v) is 14.9. The molecule has 5 heteroatoms. The maximum atomic E-state index is 12.0. The van der Waals surface area contributed by atoms with Crippen LogP contribution in [0.15, 0.2) is 67.0 Å². The van der Waals surface area contributed by atoms with Crippen molar-refractivity contribution >= 4 is 5.91 Å². The first-order valence-electron chi connectivity index (χ1n) is 8.82. The van der Waals surface area contributed by atoms with Crippen molar-refractivity contribution in [2.45, 2.75) is 19.8 Å². The second-order valence-electron chi connectivity index (χ2n) is 5.97. The topological polar surface area (TPSA) is 56.1 Å². The molecule has 3 aromatic rings. The van der Waals surface area contributed by atoms with E-state index in [0.717, 1.165) is 29.8 Å². The van der Waals surface area contributed by atoms with Gasteiger partial charge in [-0.25, -0.2) is 4.68 Å². The first kappa shape index (κ1) is 17.7. The lowest BCUT2D eigenvalue weighted by Gasteiger charge is -2.10. The van der Waals surface area contributed by atoms with Crippen molar-refractivity contribution in [3.63, 3.8) is 0 Å². The first-order valence-corrected chi connectivity index (χ1v) is 8.82. The number of aromatic nitrogens is 2. The quantitative estimate of drug-likeness (QED) is 0.680. The molecule has 0 saturated carbocycles. The molecule has 0 atom stereocenters. The summed E-state index contributed by atoms with van der Waals surface area (Å²) in [5.74, 6) is 0.670. The number of nitrogens with one attached hydrogen (secondary N) is 1. The lowest BCUT2D eigenvalue weighted by molar-refractivity contribution is -0.123. The van der Waals surface area contributed by atoms with Crippen molar-refractivity contribution in [1.82, 2.24) is 15.1 Å². The number of para-hydroxylation sites is 1. The molecule has 0 unspecified atom stereocenters. The number of hydrogen-bond acceptors (Lipinski definition) is 3. The van der Waals surface area contributed by atoms with E-state index >= 15 is 0 Å². The molecule has 2 aromatic carbocycles. The summed E-state index contributed by atoms with van der Waals surface area (Å²) in [6.45, 7) is 2.69. The van der Waals surface area contributed by atoms with E-state index in [2.05, 4.69) is 29.5 Å². The van der Waals surface area contributed by atoms with Crippen LogP contribution < -0.4 is 10.1 Å². The Hall–Kier alpha value is -3.08. The van der Waals surface area contributed by atoms with Gasteiger partial charge in [-0.05, 0) is 48.2 Å². The van der Waals surface area contributed by atoms with Gasteiger partial charge in [0.05, 0.1) is 5.69 Å². The molecule has 1 N–H and O–H groups in total. The van der Waals surface area contributed by atoms with Crippen LogP contribution in [-0.2, 0) is 17.6 Å². The van der Waals surface area contributed by atoms with E-state index in [4.69, 9.17) is 4.74 Å². The summed E-state index contributed by atoms with van der Waals surface area (Å²) in [6, 6.07) is 17.8. The molecule has 0 bridgehead atoms. The lowest BCUT2D eigenvalue weighted by Crippen LogP contribution is -2.30. The van der Waals surface area contributed by atoms with Gasteiger partial charge >= 0.3 is 0 Å². The molecule has 0 radical (unpaired) electrons. The predicted octanol–water partition coefficient (Wildman–Crippen LogP) is 3.17. The summed E-state index contributed by atoms with van der Waals surface area (Å²) >= 11 is 0. The van der Waals surface area contributed by atoms with E-state index in [0.29, 0.717) is 6.54 Å². The Bertz CT molecular complexity index is 827. The number of aryl methyl sites for hydroxylation is 1. The average molecular weight is 349 g/mol. The van der Waals surface area contributed by atoms with E-state index < -0.39 is 0 Å². The summed E-state index contributed by atoms with van der Waals surface area (Å²) in [5.41, 5.74) is 3.29. The summed E-state index contributed by atoms with van der Waals surface area (Å²) in [4.78, 5) is 12.0. The van der Waals surface area contributed by atoms with E-state index in [9.17, 15) is 4.79 Å². The summed E-state index contributed by atoms with van der Waals surface area (Å²) < 4.78 is 7.44. The maximum Gasteiger partial charge on any atom is 0.257 e. The van der Waals surface area contributed by atoms with Crippen LogP contribution in [0.25, 0.3) is 5.69 Å². The molecule has 1 amide bonds. The minimum Gasteiger partial charge on any atom is -0.483 e. The third-order valence-electron chi connectivity index (χ3n) is 4.15. The van der Waals surface area contributed by atoms with E-state index in [1.54, 1.807) is 6.20 Å². The lowest BCUT2D eigenvalue weighted by atomic mass is 10.1. The molecule has 0 saturated heterocycles. The highest BCUT2D eigenvalue weighted by atomic mass is 16.5. The number of rotatable bonds is 8. The second-order valence-corrected chi connectivity index (χ2v) is 5.97. The van der Waals surface area contributed by atoms with Gasteiger partial charge in [0.15, 0.2) is 6.61 Å². The predicted molar refractivity (Wildman–Crippen MR) is 102 cm³/mol. The number of hydrogen-bond donors (Lipinski definition) is 1. The van der Waals surface area contributed by atoms with Gasteiger partial charge in [-0.1, -0.05) is 37.3 Å². The van der Waals surface area contributed by atoms with Crippen molar-refractivity contribution in [1.29, 1.82) is 0 Å². The standard InChI is InChI=1S/C21H23N3O2/c1-2-18-6-3-4-7-20(18)26-16-21(25)22-14-12-17-8-10-19(11-9-17)24-15-5-13-23-24/h3-11,13,15H,2,12,14,16H2,1H3,(H,22,25). The summed E-state index contributed by atoms with van der Waals surface area (Å²) in [5, 5.41) is 7.10. The van der Waals surface area contributed by atoms with Gasteiger partial charge in [0.1, 0.15) is 5.75 Å². The first-order chi connectivity index (χ1) is 12.8. The number of nitrogens with zero attached hydrogens (tertiary/aromatic N) is 2. The Labute approximate surface area is 153 Å². The molecule has 3 rings (SSSR count). The number of carbonyl (C=O) groups is 1. The van der Waals surface area contributed by atoms with Gasteiger partial charge in [-0.2, -0.15) is 5.10 Å². The van der Waals surface area contributed by atoms with Crippen LogP contribution in [-0.4, -0.2) is 28.8 Å². The molecule has 5 nitrogen and oxygen atoms in total. The summed E-state index contributed by atoms with van der Waals surface area (Å²) in [6.07, 6.45) is 5.32. The Morgan fingerprint density at radius 2 is 1.92 bits per heavy atom. The average Bonchev–Trinajstić information content (AvgIpc) is 3.22. The Morgan fingerprint density at radius 1 is 1.12 bits per heavy atom. The monoisotopic (exact) mass is 349 g/mol. The van der Waals surface area contributed by atoms with Gasteiger partial charge < -0.3 is 10.1 Å². The van der Waals surface area contributed by atoms with E-state index in [-0.39, 0.29) is 12.5 Å². The molecule has 0 aliphatic heterocycles. The Balaban J connectivity index is 1.42. The van der Waals surface area contributed by atoms with Crippen LogP contribution in [0.4, 0.5) is 0 Å². The minimum atomic E-state index is -0.107. The molecule has 0 aliphatic rings. The van der Waals surface area contributed by atoms with Gasteiger partial charge in [-0.3, -0.25) is 4.79 Å². The third kappa shape index (κ3) is 4.72. The van der Waals surface area contributed by atoms with Crippen LogP contribution in [0.3, 0.4) is 0 Å². The fourth-order valence-electron chi connectivity index (χ4n) is 2.71. The molecule has 134 valence electrons. The molecule has 1 aromatic heterocycles. The Kier molecular flexibility index (Phi) is 6.04. The molecule has 1 heterocycles. The normalized spacial score (nSPS) is 10.5. The molecule has 0 fully saturated rings. The second kappa shape index (κ2) is 8.85. The van der Waals surface area contributed by atoms with Crippen molar-refractivity contribution in [2.75, 3.05) is 13.2 Å². The number of benzene rings is 2. The van der Waals surface area contributed by atoms with Crippen LogP contribution in [0.2, 0.25) is 0 Å². The largest absolute Gasteiger partial charge is 0.483 e. The maximum absolute atomic E-state index is 12.0. The third-order valence-corrected chi connectivity index (χ3v) is 4.15. The van der Waals surface area contributed by atoms with Crippen molar-refractivity contribution in [2.24, 2.45) is 0 Å². The molecule has 0 spiro atoms. The number of ether oxygens (including phenoxy) is 1. The fourth-order valence-corrected chi connectivity index (χ4v) is 2.71. The minimum absolute atomic E-state index is 0.0370. The SMILES string of the molecule is CCc1ccccc1OCC(=O)NCCc1ccc(-n2cccn2)cc1. The highest BCUT2D eigenvalue weighted by Gasteiger charge is 2.05. The summed E-state index contributed by atoms with van der Waals surface area (Å²) in [7, 11) is 0. The van der Waals surface area contributed by atoms with Crippen LogP contribution in [0.5, 0.6) is 5.75 Å². The van der Waals surface area contributed by atoms with Crippen molar-refractivity contribution in [3.05, 3.63) is 78.1 Å². The van der Waals surface area contributed by atoms with Crippen molar-refractivity contribution in [3.8, 4) is 11.4 Å². The molecular formula is C21H23N3O2. The molecule has 26 heavy (non-hydrogen) atoms. The molecule has 0 aliphatic carbocycles. The Morgan fingerprint density at radius 3 is 2.65 bits per heavy atom.